The molecule has 3 heterocycles. The molecule has 1 aliphatic heterocycles. The minimum atomic E-state index is 0.134. The van der Waals surface area contributed by atoms with Crippen molar-refractivity contribution < 1.29 is 4.79 Å². The number of ketones is 1. The molecule has 0 N–H and O–H groups in total. The van der Waals surface area contributed by atoms with Crippen LogP contribution in [-0.2, 0) is 0 Å². The van der Waals surface area contributed by atoms with Crippen LogP contribution in [0.5, 0.6) is 0 Å². The Morgan fingerprint density at radius 1 is 0.917 bits per heavy atom. The van der Waals surface area contributed by atoms with Crippen molar-refractivity contribution in [3.8, 4) is 9.75 Å². The summed E-state index contributed by atoms with van der Waals surface area (Å²) in [4.78, 5) is 17.9. The number of carbonyl (C=O) groups excluding carboxylic acids is 1. The molecule has 24 heavy (non-hydrogen) atoms. The van der Waals surface area contributed by atoms with E-state index in [-0.39, 0.29) is 5.78 Å². The molecule has 0 radical (unpaired) electrons. The fourth-order valence-corrected chi connectivity index (χ4v) is 5.19. The van der Waals surface area contributed by atoms with Crippen LogP contribution in [0.2, 0.25) is 0 Å². The van der Waals surface area contributed by atoms with E-state index in [0.717, 1.165) is 29.2 Å². The Morgan fingerprint density at radius 3 is 2.42 bits per heavy atom. The van der Waals surface area contributed by atoms with Gasteiger partial charge in [-0.1, -0.05) is 36.4 Å². The Morgan fingerprint density at radius 2 is 1.71 bits per heavy atom. The topological polar surface area (TPSA) is 20.3 Å². The van der Waals surface area contributed by atoms with Gasteiger partial charge in [-0.2, -0.15) is 0 Å². The van der Waals surface area contributed by atoms with Gasteiger partial charge in [0.15, 0.2) is 5.78 Å². The maximum atomic E-state index is 13.1. The maximum Gasteiger partial charge on any atom is 0.196 e. The highest BCUT2D eigenvalue weighted by Crippen LogP contribution is 2.41. The predicted octanol–water partition coefficient (Wildman–Crippen LogP) is 5.70. The van der Waals surface area contributed by atoms with E-state index < -0.39 is 0 Å². The Balaban J connectivity index is 1.77. The highest BCUT2D eigenvalue weighted by molar-refractivity contribution is 7.24. The fourth-order valence-electron chi connectivity index (χ4n) is 3.16. The van der Waals surface area contributed by atoms with E-state index in [0.29, 0.717) is 0 Å². The molecule has 3 aromatic rings. The largest absolute Gasteiger partial charge is 0.363 e. The molecular formula is C20H19NOS2. The molecular weight excluding hydrogens is 334 g/mol. The van der Waals surface area contributed by atoms with Crippen LogP contribution in [0.25, 0.3) is 9.75 Å². The van der Waals surface area contributed by atoms with E-state index in [4.69, 9.17) is 0 Å². The molecule has 4 rings (SSSR count). The van der Waals surface area contributed by atoms with Crippen LogP contribution in [0.3, 0.4) is 0 Å². The molecule has 0 aliphatic carbocycles. The molecule has 122 valence electrons. The van der Waals surface area contributed by atoms with Gasteiger partial charge in [0.2, 0.25) is 0 Å². The second kappa shape index (κ2) is 6.91. The number of benzene rings is 1. The summed E-state index contributed by atoms with van der Waals surface area (Å²) in [6, 6.07) is 15.9. The van der Waals surface area contributed by atoms with E-state index in [1.165, 1.54) is 29.0 Å². The molecule has 0 spiro atoms. The molecule has 1 fully saturated rings. The minimum Gasteiger partial charge on any atom is -0.363 e. The van der Waals surface area contributed by atoms with Gasteiger partial charge in [0.1, 0.15) is 5.00 Å². The zero-order chi connectivity index (χ0) is 16.4. The lowest BCUT2D eigenvalue weighted by atomic mass is 10.0. The second-order valence-electron chi connectivity index (χ2n) is 6.05. The van der Waals surface area contributed by atoms with Gasteiger partial charge in [0, 0.05) is 28.4 Å². The summed E-state index contributed by atoms with van der Waals surface area (Å²) < 4.78 is 0. The number of nitrogens with zero attached hydrogens (tertiary/aromatic N) is 1. The normalized spacial score (nSPS) is 14.8. The first-order chi connectivity index (χ1) is 11.8. The van der Waals surface area contributed by atoms with Gasteiger partial charge in [-0.15, -0.1) is 22.7 Å². The molecule has 2 aromatic heterocycles. The van der Waals surface area contributed by atoms with Crippen LogP contribution >= 0.6 is 22.7 Å². The smallest absolute Gasteiger partial charge is 0.196 e. The number of hydrogen-bond donors (Lipinski definition) is 0. The van der Waals surface area contributed by atoms with Crippen molar-refractivity contribution in [3.05, 3.63) is 65.0 Å². The van der Waals surface area contributed by atoms with Crippen LogP contribution in [0.1, 0.15) is 35.2 Å². The quantitative estimate of drug-likeness (QED) is 0.561. The lowest BCUT2D eigenvalue weighted by Crippen LogP contribution is -2.29. The van der Waals surface area contributed by atoms with Gasteiger partial charge < -0.3 is 4.90 Å². The molecule has 0 bridgehead atoms. The van der Waals surface area contributed by atoms with Crippen molar-refractivity contribution >= 4 is 33.5 Å². The van der Waals surface area contributed by atoms with E-state index in [2.05, 4.69) is 28.5 Å². The van der Waals surface area contributed by atoms with Gasteiger partial charge in [-0.25, -0.2) is 0 Å². The third kappa shape index (κ3) is 3.04. The molecule has 1 aromatic carbocycles. The predicted molar refractivity (Wildman–Crippen MR) is 104 cm³/mol. The molecule has 2 nitrogen and oxygen atoms in total. The summed E-state index contributed by atoms with van der Waals surface area (Å²) in [5, 5.41) is 3.24. The van der Waals surface area contributed by atoms with Crippen LogP contribution in [0.15, 0.2) is 53.9 Å². The first-order valence-electron chi connectivity index (χ1n) is 8.35. The number of carbonyl (C=O) groups is 1. The Labute approximate surface area is 150 Å². The molecule has 0 unspecified atom stereocenters. The summed E-state index contributed by atoms with van der Waals surface area (Å²) in [6.45, 7) is 2.11. The molecule has 1 aliphatic rings. The van der Waals surface area contributed by atoms with Gasteiger partial charge in [0.25, 0.3) is 0 Å². The van der Waals surface area contributed by atoms with Gasteiger partial charge >= 0.3 is 0 Å². The van der Waals surface area contributed by atoms with E-state index in [9.17, 15) is 4.79 Å². The third-order valence-electron chi connectivity index (χ3n) is 4.40. The highest BCUT2D eigenvalue weighted by Gasteiger charge is 2.23. The molecule has 0 amide bonds. The molecule has 4 heteroatoms. The second-order valence-corrected chi connectivity index (χ2v) is 8.03. The van der Waals surface area contributed by atoms with Crippen molar-refractivity contribution in [2.75, 3.05) is 18.0 Å². The van der Waals surface area contributed by atoms with E-state index >= 15 is 0 Å². The summed E-state index contributed by atoms with van der Waals surface area (Å²) >= 11 is 3.50. The Bertz CT molecular complexity index is 815. The van der Waals surface area contributed by atoms with Crippen molar-refractivity contribution in [2.45, 2.75) is 19.3 Å². The number of anilines is 1. The van der Waals surface area contributed by atoms with E-state index in [1.54, 1.807) is 22.7 Å². The van der Waals surface area contributed by atoms with E-state index in [1.807, 2.05) is 30.3 Å². The van der Waals surface area contributed by atoms with Crippen molar-refractivity contribution in [3.63, 3.8) is 0 Å². The maximum absolute atomic E-state index is 13.1. The zero-order valence-corrected chi connectivity index (χ0v) is 15.0. The summed E-state index contributed by atoms with van der Waals surface area (Å²) in [5.41, 5.74) is 1.63. The number of piperidine rings is 1. The fraction of sp³-hybridized carbons (Fsp3) is 0.250. The summed E-state index contributed by atoms with van der Waals surface area (Å²) in [7, 11) is 0. The Kier molecular flexibility index (Phi) is 4.50. The molecule has 1 saturated heterocycles. The Hall–Kier alpha value is -1.91. The standard InChI is InChI=1S/C20H19NOS2/c22-19(15-8-3-1-4-9-15)16-14-18(17-10-7-13-23-17)24-20(16)21-11-5-2-6-12-21/h1,3-4,7-10,13-14H,2,5-6,11-12H2. The number of thiophene rings is 2. The monoisotopic (exact) mass is 353 g/mol. The summed E-state index contributed by atoms with van der Waals surface area (Å²) in [6.07, 6.45) is 3.72. The molecule has 0 atom stereocenters. The van der Waals surface area contributed by atoms with Gasteiger partial charge in [0.05, 0.1) is 5.56 Å². The van der Waals surface area contributed by atoms with Gasteiger partial charge in [-0.05, 0) is 36.8 Å². The summed E-state index contributed by atoms with van der Waals surface area (Å²) in [5.74, 6) is 0.134. The van der Waals surface area contributed by atoms with Crippen molar-refractivity contribution in [1.82, 2.24) is 0 Å². The van der Waals surface area contributed by atoms with Crippen LogP contribution in [0.4, 0.5) is 5.00 Å². The highest BCUT2D eigenvalue weighted by atomic mass is 32.1. The minimum absolute atomic E-state index is 0.134. The SMILES string of the molecule is O=C(c1ccccc1)c1cc(-c2cccs2)sc1N1CCCCC1. The average molecular weight is 354 g/mol. The van der Waals surface area contributed by atoms with Crippen LogP contribution < -0.4 is 4.90 Å². The van der Waals surface area contributed by atoms with Crippen LogP contribution in [-0.4, -0.2) is 18.9 Å². The van der Waals surface area contributed by atoms with Crippen molar-refractivity contribution in [2.24, 2.45) is 0 Å². The number of rotatable bonds is 4. The first kappa shape index (κ1) is 15.6. The van der Waals surface area contributed by atoms with Crippen LogP contribution in [0, 0.1) is 0 Å². The molecule has 0 saturated carbocycles. The average Bonchev–Trinajstić information content (AvgIpc) is 3.32. The number of hydrogen-bond acceptors (Lipinski definition) is 4. The lowest BCUT2D eigenvalue weighted by molar-refractivity contribution is 0.103. The van der Waals surface area contributed by atoms with Gasteiger partial charge in [-0.3, -0.25) is 4.79 Å². The third-order valence-corrected chi connectivity index (χ3v) is 6.66. The van der Waals surface area contributed by atoms with Crippen molar-refractivity contribution in [1.29, 1.82) is 0 Å². The lowest BCUT2D eigenvalue weighted by Gasteiger charge is -2.28. The zero-order valence-electron chi connectivity index (χ0n) is 13.4. The first-order valence-corrected chi connectivity index (χ1v) is 10.0.